The lowest BCUT2D eigenvalue weighted by Crippen LogP contribution is -2.23. The Morgan fingerprint density at radius 3 is 2.83 bits per heavy atom. The summed E-state index contributed by atoms with van der Waals surface area (Å²) in [5.74, 6) is 0.986. The van der Waals surface area contributed by atoms with Gasteiger partial charge in [0.2, 0.25) is 0 Å². The largest absolute Gasteiger partial charge is 0.490 e. The van der Waals surface area contributed by atoms with E-state index in [0.29, 0.717) is 0 Å². The van der Waals surface area contributed by atoms with E-state index in [9.17, 15) is 0 Å². The van der Waals surface area contributed by atoms with Gasteiger partial charge in [0.1, 0.15) is 5.75 Å². The van der Waals surface area contributed by atoms with Crippen LogP contribution in [0.4, 0.5) is 0 Å². The Labute approximate surface area is 111 Å². The quantitative estimate of drug-likeness (QED) is 0.532. The Balaban J connectivity index is 2.43. The first-order valence-corrected chi connectivity index (χ1v) is 6.84. The molecule has 18 heavy (non-hydrogen) atoms. The van der Waals surface area contributed by atoms with Gasteiger partial charge in [0.25, 0.3) is 0 Å². The lowest BCUT2D eigenvalue weighted by Gasteiger charge is -2.17. The number of para-hydroxylation sites is 1. The highest BCUT2D eigenvalue weighted by Gasteiger charge is 2.06. The molecule has 1 unspecified atom stereocenters. The monoisotopic (exact) mass is 247 g/mol. The highest BCUT2D eigenvalue weighted by Crippen LogP contribution is 2.20. The predicted molar refractivity (Wildman–Crippen MR) is 78.2 cm³/mol. The van der Waals surface area contributed by atoms with Gasteiger partial charge < -0.3 is 10.1 Å². The van der Waals surface area contributed by atoms with Crippen LogP contribution in [0.5, 0.6) is 5.75 Å². The molecule has 1 aromatic carbocycles. The maximum atomic E-state index is 5.99. The van der Waals surface area contributed by atoms with Crippen LogP contribution in [0.1, 0.15) is 32.3 Å². The van der Waals surface area contributed by atoms with Crippen LogP contribution in [0.3, 0.4) is 0 Å². The molecule has 2 heteroatoms. The van der Waals surface area contributed by atoms with E-state index >= 15 is 0 Å². The molecule has 0 aliphatic carbocycles. The smallest absolute Gasteiger partial charge is 0.123 e. The van der Waals surface area contributed by atoms with E-state index in [1.54, 1.807) is 0 Å². The van der Waals surface area contributed by atoms with Crippen molar-refractivity contribution >= 4 is 0 Å². The number of nitrogens with one attached hydrogen (secondary N) is 1. The standard InChI is InChI=1S/C16H25NO/c1-4-8-15-9-6-7-10-16(15)18-14(3)11-13-17-12-5-2/h4,6-7,9-10,14,17H,1,5,8,11-13H2,2-3H3. The summed E-state index contributed by atoms with van der Waals surface area (Å²) < 4.78 is 5.99. The normalized spacial score (nSPS) is 12.1. The number of rotatable bonds is 9. The van der Waals surface area contributed by atoms with Gasteiger partial charge >= 0.3 is 0 Å². The summed E-state index contributed by atoms with van der Waals surface area (Å²) in [6, 6.07) is 8.19. The van der Waals surface area contributed by atoms with E-state index < -0.39 is 0 Å². The Kier molecular flexibility index (Phi) is 7.19. The number of benzene rings is 1. The molecule has 0 aromatic heterocycles. The van der Waals surface area contributed by atoms with Crippen molar-refractivity contribution in [3.8, 4) is 5.75 Å². The van der Waals surface area contributed by atoms with Gasteiger partial charge in [-0.2, -0.15) is 0 Å². The summed E-state index contributed by atoms with van der Waals surface area (Å²) in [6.45, 7) is 10.2. The Morgan fingerprint density at radius 2 is 2.11 bits per heavy atom. The van der Waals surface area contributed by atoms with Gasteiger partial charge in [0.05, 0.1) is 6.10 Å². The summed E-state index contributed by atoms with van der Waals surface area (Å²) >= 11 is 0. The predicted octanol–water partition coefficient (Wildman–Crippen LogP) is 3.57. The van der Waals surface area contributed by atoms with E-state index in [2.05, 4.69) is 31.8 Å². The molecular formula is C16H25NO. The zero-order chi connectivity index (χ0) is 13.2. The van der Waals surface area contributed by atoms with Crippen LogP contribution in [0.2, 0.25) is 0 Å². The van der Waals surface area contributed by atoms with E-state index in [1.165, 1.54) is 12.0 Å². The van der Waals surface area contributed by atoms with Crippen molar-refractivity contribution in [2.75, 3.05) is 13.1 Å². The number of hydrogen-bond donors (Lipinski definition) is 1. The lowest BCUT2D eigenvalue weighted by molar-refractivity contribution is 0.208. The van der Waals surface area contributed by atoms with Crippen molar-refractivity contribution in [1.82, 2.24) is 5.32 Å². The Bertz CT molecular complexity index is 349. The van der Waals surface area contributed by atoms with Crippen molar-refractivity contribution in [1.29, 1.82) is 0 Å². The summed E-state index contributed by atoms with van der Waals surface area (Å²) in [7, 11) is 0. The van der Waals surface area contributed by atoms with Gasteiger partial charge in [-0.05, 0) is 50.9 Å². The third-order valence-corrected chi connectivity index (χ3v) is 2.82. The summed E-state index contributed by atoms with van der Waals surface area (Å²) in [4.78, 5) is 0. The molecule has 1 aromatic rings. The highest BCUT2D eigenvalue weighted by molar-refractivity contribution is 5.34. The zero-order valence-corrected chi connectivity index (χ0v) is 11.6. The fourth-order valence-corrected chi connectivity index (χ4v) is 1.83. The van der Waals surface area contributed by atoms with Crippen molar-refractivity contribution < 1.29 is 4.74 Å². The minimum Gasteiger partial charge on any atom is -0.490 e. The Hall–Kier alpha value is -1.28. The second-order valence-corrected chi connectivity index (χ2v) is 4.57. The molecule has 0 aliphatic rings. The van der Waals surface area contributed by atoms with Crippen LogP contribution in [0, 0.1) is 0 Å². The van der Waals surface area contributed by atoms with Crippen LogP contribution in [-0.4, -0.2) is 19.2 Å². The second kappa shape index (κ2) is 8.76. The second-order valence-electron chi connectivity index (χ2n) is 4.57. The van der Waals surface area contributed by atoms with E-state index in [-0.39, 0.29) is 6.10 Å². The molecule has 0 fully saturated rings. The number of allylic oxidation sites excluding steroid dienone is 1. The molecule has 0 amide bonds. The van der Waals surface area contributed by atoms with Crippen molar-refractivity contribution in [2.45, 2.75) is 39.2 Å². The van der Waals surface area contributed by atoms with Crippen LogP contribution in [0.25, 0.3) is 0 Å². The average Bonchev–Trinajstić information content (AvgIpc) is 2.37. The fraction of sp³-hybridized carbons (Fsp3) is 0.500. The van der Waals surface area contributed by atoms with Crippen molar-refractivity contribution in [3.05, 3.63) is 42.5 Å². The minimum atomic E-state index is 0.236. The Morgan fingerprint density at radius 1 is 1.33 bits per heavy atom. The van der Waals surface area contributed by atoms with Crippen LogP contribution in [-0.2, 0) is 6.42 Å². The lowest BCUT2D eigenvalue weighted by atomic mass is 10.1. The zero-order valence-electron chi connectivity index (χ0n) is 11.6. The summed E-state index contributed by atoms with van der Waals surface area (Å²) in [6.07, 6.45) is 5.22. The van der Waals surface area contributed by atoms with Gasteiger partial charge in [-0.1, -0.05) is 31.2 Å². The van der Waals surface area contributed by atoms with Crippen molar-refractivity contribution in [3.63, 3.8) is 0 Å². The molecule has 1 atom stereocenters. The first-order valence-electron chi connectivity index (χ1n) is 6.84. The molecule has 2 nitrogen and oxygen atoms in total. The summed E-state index contributed by atoms with van der Waals surface area (Å²) in [5.41, 5.74) is 1.21. The van der Waals surface area contributed by atoms with Crippen LogP contribution >= 0.6 is 0 Å². The van der Waals surface area contributed by atoms with Gasteiger partial charge in [-0.25, -0.2) is 0 Å². The number of hydrogen-bond acceptors (Lipinski definition) is 2. The topological polar surface area (TPSA) is 21.3 Å². The molecule has 100 valence electrons. The first kappa shape index (κ1) is 14.8. The van der Waals surface area contributed by atoms with Crippen molar-refractivity contribution in [2.24, 2.45) is 0 Å². The highest BCUT2D eigenvalue weighted by atomic mass is 16.5. The minimum absolute atomic E-state index is 0.236. The molecule has 0 spiro atoms. The van der Waals surface area contributed by atoms with Gasteiger partial charge in [-0.3, -0.25) is 0 Å². The third-order valence-electron chi connectivity index (χ3n) is 2.82. The maximum Gasteiger partial charge on any atom is 0.123 e. The molecule has 1 rings (SSSR count). The molecule has 0 saturated heterocycles. The van der Waals surface area contributed by atoms with E-state index in [4.69, 9.17) is 4.74 Å². The number of ether oxygens (including phenoxy) is 1. The molecule has 0 bridgehead atoms. The van der Waals surface area contributed by atoms with Gasteiger partial charge in [0.15, 0.2) is 0 Å². The summed E-state index contributed by atoms with van der Waals surface area (Å²) in [5, 5.41) is 3.40. The van der Waals surface area contributed by atoms with Gasteiger partial charge in [-0.15, -0.1) is 6.58 Å². The SMILES string of the molecule is C=CCc1ccccc1OC(C)CCNCCC. The average molecular weight is 247 g/mol. The van der Waals surface area contributed by atoms with E-state index in [1.807, 2.05) is 24.3 Å². The molecule has 0 radical (unpaired) electrons. The molecule has 1 N–H and O–H groups in total. The molecule has 0 aliphatic heterocycles. The third kappa shape index (κ3) is 5.37. The van der Waals surface area contributed by atoms with Gasteiger partial charge in [0, 0.05) is 0 Å². The first-order chi connectivity index (χ1) is 8.77. The fourth-order valence-electron chi connectivity index (χ4n) is 1.83. The maximum absolute atomic E-state index is 5.99. The van der Waals surface area contributed by atoms with Crippen LogP contribution in [0.15, 0.2) is 36.9 Å². The molecule has 0 heterocycles. The molecular weight excluding hydrogens is 222 g/mol. The van der Waals surface area contributed by atoms with Crippen LogP contribution < -0.4 is 10.1 Å². The van der Waals surface area contributed by atoms with E-state index in [0.717, 1.165) is 31.7 Å². The molecule has 0 saturated carbocycles.